The Morgan fingerprint density at radius 3 is 3.20 bits per heavy atom. The quantitative estimate of drug-likeness (QED) is 0.722. The Kier molecular flexibility index (Phi) is 3.01. The molecule has 5 nitrogen and oxygen atoms in total. The lowest BCUT2D eigenvalue weighted by Crippen LogP contribution is -2.45. The van der Waals surface area contributed by atoms with Crippen molar-refractivity contribution in [1.29, 1.82) is 0 Å². The lowest BCUT2D eigenvalue weighted by Gasteiger charge is -2.23. The van der Waals surface area contributed by atoms with E-state index in [0.29, 0.717) is 12.5 Å². The number of aryl methyl sites for hydroxylation is 1. The second-order valence-corrected chi connectivity index (χ2v) is 3.90. The molecule has 2 rings (SSSR count). The predicted octanol–water partition coefficient (Wildman–Crippen LogP) is -0.212. The molecule has 1 aliphatic rings. The third-order valence-electron chi connectivity index (χ3n) is 2.61. The molecule has 0 spiro atoms. The minimum atomic E-state index is 0.158. The molecular formula is C10H16N4O. The van der Waals surface area contributed by atoms with Crippen LogP contribution in [0.3, 0.4) is 0 Å². The lowest BCUT2D eigenvalue weighted by atomic mass is 10.1. The third kappa shape index (κ3) is 2.79. The molecule has 0 aliphatic carbocycles. The minimum Gasteiger partial charge on any atom is -0.355 e. The van der Waals surface area contributed by atoms with E-state index in [4.69, 9.17) is 0 Å². The number of rotatable bonds is 3. The molecule has 2 N–H and O–H groups in total. The van der Waals surface area contributed by atoms with Crippen molar-refractivity contribution in [1.82, 2.24) is 20.4 Å². The highest BCUT2D eigenvalue weighted by Gasteiger charge is 2.17. The number of carbonyl (C=O) groups is 1. The van der Waals surface area contributed by atoms with Crippen molar-refractivity contribution >= 4 is 5.91 Å². The summed E-state index contributed by atoms with van der Waals surface area (Å²) in [5, 5.41) is 10.5. The van der Waals surface area contributed by atoms with Gasteiger partial charge < -0.3 is 10.6 Å². The van der Waals surface area contributed by atoms with Crippen LogP contribution in [0.4, 0.5) is 0 Å². The standard InChI is InChI=1S/C10H16N4O/c1-14-5-4-9(13-14)7-11-8-2-3-10(15)12-6-8/h4-5,8,11H,2-3,6-7H2,1H3,(H,12,15). The van der Waals surface area contributed by atoms with Gasteiger partial charge in [0, 0.05) is 38.8 Å². The molecule has 0 radical (unpaired) electrons. The Balaban J connectivity index is 1.76. The summed E-state index contributed by atoms with van der Waals surface area (Å²) in [4.78, 5) is 10.9. The highest BCUT2D eigenvalue weighted by atomic mass is 16.1. The summed E-state index contributed by atoms with van der Waals surface area (Å²) in [7, 11) is 1.91. The van der Waals surface area contributed by atoms with Crippen LogP contribution in [-0.4, -0.2) is 28.3 Å². The topological polar surface area (TPSA) is 59.0 Å². The molecule has 15 heavy (non-hydrogen) atoms. The van der Waals surface area contributed by atoms with E-state index in [1.54, 1.807) is 4.68 Å². The van der Waals surface area contributed by atoms with Crippen LogP contribution < -0.4 is 10.6 Å². The first kappa shape index (κ1) is 10.2. The van der Waals surface area contributed by atoms with Crippen LogP contribution in [0.2, 0.25) is 0 Å². The van der Waals surface area contributed by atoms with Crippen molar-refractivity contribution in [3.05, 3.63) is 18.0 Å². The molecule has 0 aromatic carbocycles. The van der Waals surface area contributed by atoms with Crippen LogP contribution in [0.5, 0.6) is 0 Å². The molecule has 0 bridgehead atoms. The third-order valence-corrected chi connectivity index (χ3v) is 2.61. The van der Waals surface area contributed by atoms with Gasteiger partial charge in [-0.2, -0.15) is 5.10 Å². The number of piperidine rings is 1. The van der Waals surface area contributed by atoms with Crippen molar-refractivity contribution in [2.75, 3.05) is 6.54 Å². The van der Waals surface area contributed by atoms with Gasteiger partial charge in [0.15, 0.2) is 0 Å². The first-order valence-corrected chi connectivity index (χ1v) is 5.22. The molecule has 1 fully saturated rings. The maximum absolute atomic E-state index is 10.9. The summed E-state index contributed by atoms with van der Waals surface area (Å²) in [5.41, 5.74) is 1.04. The Morgan fingerprint density at radius 1 is 1.73 bits per heavy atom. The Bertz CT molecular complexity index is 337. The molecule has 1 aliphatic heterocycles. The van der Waals surface area contributed by atoms with E-state index in [1.165, 1.54) is 0 Å². The van der Waals surface area contributed by atoms with Gasteiger partial charge in [0.1, 0.15) is 0 Å². The molecule has 1 amide bonds. The second-order valence-electron chi connectivity index (χ2n) is 3.90. The Hall–Kier alpha value is -1.36. The molecule has 2 heterocycles. The number of nitrogens with zero attached hydrogens (tertiary/aromatic N) is 2. The summed E-state index contributed by atoms with van der Waals surface area (Å²) >= 11 is 0. The van der Waals surface area contributed by atoms with Gasteiger partial charge in [-0.3, -0.25) is 9.48 Å². The number of aromatic nitrogens is 2. The van der Waals surface area contributed by atoms with Gasteiger partial charge in [-0.25, -0.2) is 0 Å². The van der Waals surface area contributed by atoms with Gasteiger partial charge in [-0.05, 0) is 12.5 Å². The van der Waals surface area contributed by atoms with E-state index in [0.717, 1.165) is 25.2 Å². The fourth-order valence-electron chi connectivity index (χ4n) is 1.71. The molecule has 82 valence electrons. The van der Waals surface area contributed by atoms with E-state index in [-0.39, 0.29) is 5.91 Å². The van der Waals surface area contributed by atoms with Crippen molar-refractivity contribution in [2.24, 2.45) is 7.05 Å². The van der Waals surface area contributed by atoms with E-state index in [2.05, 4.69) is 15.7 Å². The van der Waals surface area contributed by atoms with Gasteiger partial charge in [-0.15, -0.1) is 0 Å². The molecule has 1 unspecified atom stereocenters. The summed E-state index contributed by atoms with van der Waals surface area (Å²) in [6, 6.07) is 2.37. The van der Waals surface area contributed by atoms with E-state index in [1.807, 2.05) is 19.3 Å². The highest BCUT2D eigenvalue weighted by molar-refractivity contribution is 5.76. The maximum Gasteiger partial charge on any atom is 0.220 e. The molecule has 0 saturated carbocycles. The van der Waals surface area contributed by atoms with Crippen molar-refractivity contribution in [2.45, 2.75) is 25.4 Å². The van der Waals surface area contributed by atoms with Crippen LogP contribution in [0.1, 0.15) is 18.5 Å². The van der Waals surface area contributed by atoms with E-state index >= 15 is 0 Å². The first-order valence-electron chi connectivity index (χ1n) is 5.22. The van der Waals surface area contributed by atoms with Crippen molar-refractivity contribution < 1.29 is 4.79 Å². The van der Waals surface area contributed by atoms with Crippen LogP contribution >= 0.6 is 0 Å². The Morgan fingerprint density at radius 2 is 2.60 bits per heavy atom. The average molecular weight is 208 g/mol. The normalized spacial score (nSPS) is 21.4. The zero-order valence-corrected chi connectivity index (χ0v) is 8.86. The largest absolute Gasteiger partial charge is 0.355 e. The number of hydrogen-bond acceptors (Lipinski definition) is 3. The summed E-state index contributed by atoms with van der Waals surface area (Å²) in [5.74, 6) is 0.158. The molecule has 1 saturated heterocycles. The van der Waals surface area contributed by atoms with E-state index in [9.17, 15) is 4.79 Å². The maximum atomic E-state index is 10.9. The minimum absolute atomic E-state index is 0.158. The summed E-state index contributed by atoms with van der Waals surface area (Å²) < 4.78 is 1.79. The number of nitrogens with one attached hydrogen (secondary N) is 2. The predicted molar refractivity (Wildman–Crippen MR) is 56.1 cm³/mol. The summed E-state index contributed by atoms with van der Waals surface area (Å²) in [6.07, 6.45) is 3.47. The fourth-order valence-corrected chi connectivity index (χ4v) is 1.71. The van der Waals surface area contributed by atoms with Gasteiger partial charge >= 0.3 is 0 Å². The number of hydrogen-bond donors (Lipinski definition) is 2. The molecule has 1 atom stereocenters. The van der Waals surface area contributed by atoms with Crippen LogP contribution in [0.25, 0.3) is 0 Å². The van der Waals surface area contributed by atoms with Crippen molar-refractivity contribution in [3.63, 3.8) is 0 Å². The van der Waals surface area contributed by atoms with Gasteiger partial charge in [0.05, 0.1) is 5.69 Å². The second kappa shape index (κ2) is 4.44. The first-order chi connectivity index (χ1) is 7.24. The Labute approximate surface area is 88.8 Å². The number of carbonyl (C=O) groups excluding carboxylic acids is 1. The zero-order valence-electron chi connectivity index (χ0n) is 8.86. The smallest absolute Gasteiger partial charge is 0.220 e. The highest BCUT2D eigenvalue weighted by Crippen LogP contribution is 2.03. The molecule has 1 aromatic rings. The van der Waals surface area contributed by atoms with E-state index < -0.39 is 0 Å². The van der Waals surface area contributed by atoms with Gasteiger partial charge in [0.25, 0.3) is 0 Å². The van der Waals surface area contributed by atoms with Crippen LogP contribution in [0.15, 0.2) is 12.3 Å². The zero-order chi connectivity index (χ0) is 10.7. The molecule has 1 aromatic heterocycles. The van der Waals surface area contributed by atoms with Crippen LogP contribution in [-0.2, 0) is 18.4 Å². The lowest BCUT2D eigenvalue weighted by molar-refractivity contribution is -0.122. The monoisotopic (exact) mass is 208 g/mol. The average Bonchev–Trinajstić information content (AvgIpc) is 2.64. The fraction of sp³-hybridized carbons (Fsp3) is 0.600. The van der Waals surface area contributed by atoms with Gasteiger partial charge in [0.2, 0.25) is 5.91 Å². The molecule has 5 heteroatoms. The van der Waals surface area contributed by atoms with Gasteiger partial charge in [-0.1, -0.05) is 0 Å². The van der Waals surface area contributed by atoms with Crippen LogP contribution in [0, 0.1) is 0 Å². The SMILES string of the molecule is Cn1ccc(CNC2CCC(=O)NC2)n1. The summed E-state index contributed by atoms with van der Waals surface area (Å²) in [6.45, 7) is 1.49. The van der Waals surface area contributed by atoms with Crippen molar-refractivity contribution in [3.8, 4) is 0 Å². The number of amides is 1. The molecular weight excluding hydrogens is 192 g/mol.